The zero-order chi connectivity index (χ0) is 17.1. The van der Waals surface area contributed by atoms with E-state index < -0.39 is 29.4 Å². The summed E-state index contributed by atoms with van der Waals surface area (Å²) >= 11 is 0. The predicted octanol–water partition coefficient (Wildman–Crippen LogP) is 0.0706. The summed E-state index contributed by atoms with van der Waals surface area (Å²) in [5.41, 5.74) is -0.593. The molecular formula is C14H23N3O5. The highest BCUT2D eigenvalue weighted by Gasteiger charge is 2.34. The van der Waals surface area contributed by atoms with Gasteiger partial charge in [0, 0.05) is 40.2 Å². The molecule has 1 aliphatic rings. The molecule has 1 fully saturated rings. The molecule has 4 amide bonds. The van der Waals surface area contributed by atoms with Gasteiger partial charge >= 0.3 is 17.9 Å². The van der Waals surface area contributed by atoms with Crippen LogP contribution >= 0.6 is 0 Å². The molecule has 22 heavy (non-hydrogen) atoms. The van der Waals surface area contributed by atoms with Gasteiger partial charge < -0.3 is 14.5 Å². The van der Waals surface area contributed by atoms with E-state index in [1.807, 2.05) is 0 Å². The van der Waals surface area contributed by atoms with Crippen molar-refractivity contribution in [1.82, 2.24) is 14.7 Å². The Hall–Kier alpha value is -2.12. The summed E-state index contributed by atoms with van der Waals surface area (Å²) in [4.78, 5) is 50.3. The number of hydrogen-bond acceptors (Lipinski definition) is 5. The SMILES string of the molecule is CC(=O)N1CCN(CCN(C)C(=O)OC(C)(C)C)C(=O)C1=O. The Bertz CT molecular complexity index is 483. The van der Waals surface area contributed by atoms with Gasteiger partial charge in [-0.3, -0.25) is 19.3 Å². The van der Waals surface area contributed by atoms with Gasteiger partial charge in [0.1, 0.15) is 5.60 Å². The van der Waals surface area contributed by atoms with Crippen LogP contribution in [-0.4, -0.2) is 77.3 Å². The molecule has 0 aliphatic carbocycles. The molecule has 0 aromatic rings. The molecule has 1 heterocycles. The van der Waals surface area contributed by atoms with E-state index in [0.717, 1.165) is 4.90 Å². The number of carbonyl (C=O) groups excluding carboxylic acids is 4. The largest absolute Gasteiger partial charge is 0.444 e. The van der Waals surface area contributed by atoms with Crippen molar-refractivity contribution >= 4 is 23.8 Å². The number of rotatable bonds is 3. The maximum Gasteiger partial charge on any atom is 0.410 e. The summed E-state index contributed by atoms with van der Waals surface area (Å²) in [6, 6.07) is 0. The lowest BCUT2D eigenvalue weighted by Crippen LogP contribution is -2.56. The number of nitrogens with zero attached hydrogens (tertiary/aromatic N) is 3. The summed E-state index contributed by atoms with van der Waals surface area (Å²) in [5.74, 6) is -1.98. The molecule has 1 rings (SSSR count). The first-order chi connectivity index (χ1) is 10.0. The highest BCUT2D eigenvalue weighted by Crippen LogP contribution is 2.10. The van der Waals surface area contributed by atoms with Crippen molar-refractivity contribution in [3.8, 4) is 0 Å². The van der Waals surface area contributed by atoms with E-state index in [2.05, 4.69) is 0 Å². The fraction of sp³-hybridized carbons (Fsp3) is 0.714. The van der Waals surface area contributed by atoms with Gasteiger partial charge in [-0.1, -0.05) is 0 Å². The number of imide groups is 1. The fourth-order valence-corrected chi connectivity index (χ4v) is 1.89. The molecule has 0 aromatic carbocycles. The van der Waals surface area contributed by atoms with Crippen LogP contribution in [0.2, 0.25) is 0 Å². The van der Waals surface area contributed by atoms with Gasteiger partial charge in [0.05, 0.1) is 0 Å². The number of hydrogen-bond donors (Lipinski definition) is 0. The van der Waals surface area contributed by atoms with E-state index in [4.69, 9.17) is 4.74 Å². The molecular weight excluding hydrogens is 290 g/mol. The van der Waals surface area contributed by atoms with Gasteiger partial charge in [0.15, 0.2) is 0 Å². The van der Waals surface area contributed by atoms with Crippen LogP contribution in [0, 0.1) is 0 Å². The Morgan fingerprint density at radius 2 is 1.77 bits per heavy atom. The number of piperazine rings is 1. The van der Waals surface area contributed by atoms with Gasteiger partial charge in [-0.25, -0.2) is 4.79 Å². The van der Waals surface area contributed by atoms with Crippen molar-refractivity contribution in [2.45, 2.75) is 33.3 Å². The Morgan fingerprint density at radius 3 is 2.27 bits per heavy atom. The van der Waals surface area contributed by atoms with Gasteiger partial charge in [-0.2, -0.15) is 0 Å². The Labute approximate surface area is 130 Å². The second kappa shape index (κ2) is 6.76. The first-order valence-electron chi connectivity index (χ1n) is 7.08. The van der Waals surface area contributed by atoms with Crippen molar-refractivity contribution in [1.29, 1.82) is 0 Å². The minimum Gasteiger partial charge on any atom is -0.444 e. The smallest absolute Gasteiger partial charge is 0.410 e. The van der Waals surface area contributed by atoms with Gasteiger partial charge in [-0.15, -0.1) is 0 Å². The normalized spacial score (nSPS) is 15.9. The summed E-state index contributed by atoms with van der Waals surface area (Å²) in [7, 11) is 1.56. The van der Waals surface area contributed by atoms with Crippen LogP contribution < -0.4 is 0 Å². The van der Waals surface area contributed by atoms with Crippen molar-refractivity contribution < 1.29 is 23.9 Å². The number of likely N-dealkylation sites (N-methyl/N-ethyl adjacent to an activating group) is 1. The molecule has 1 aliphatic heterocycles. The van der Waals surface area contributed by atoms with Gasteiger partial charge in [-0.05, 0) is 20.8 Å². The third-order valence-corrected chi connectivity index (χ3v) is 3.10. The topological polar surface area (TPSA) is 87.2 Å². The zero-order valence-corrected chi connectivity index (χ0v) is 13.7. The second-order valence-electron chi connectivity index (χ2n) is 6.17. The highest BCUT2D eigenvalue weighted by molar-refractivity contribution is 6.38. The molecule has 0 saturated carbocycles. The summed E-state index contributed by atoms with van der Waals surface area (Å²) in [6.07, 6.45) is -0.492. The zero-order valence-electron chi connectivity index (χ0n) is 13.7. The van der Waals surface area contributed by atoms with Crippen molar-refractivity contribution in [2.75, 3.05) is 33.2 Å². The Kier molecular flexibility index (Phi) is 5.51. The molecule has 8 nitrogen and oxygen atoms in total. The summed E-state index contributed by atoms with van der Waals surface area (Å²) in [5, 5.41) is 0. The third-order valence-electron chi connectivity index (χ3n) is 3.10. The van der Waals surface area contributed by atoms with Crippen LogP contribution in [0.25, 0.3) is 0 Å². The number of ether oxygens (including phenoxy) is 1. The van der Waals surface area contributed by atoms with Crippen molar-refractivity contribution in [3.05, 3.63) is 0 Å². The van der Waals surface area contributed by atoms with Crippen molar-refractivity contribution in [3.63, 3.8) is 0 Å². The predicted molar refractivity (Wildman–Crippen MR) is 77.8 cm³/mol. The molecule has 124 valence electrons. The lowest BCUT2D eigenvalue weighted by atomic mass is 10.2. The van der Waals surface area contributed by atoms with E-state index in [1.165, 1.54) is 16.7 Å². The average Bonchev–Trinajstić information content (AvgIpc) is 2.37. The van der Waals surface area contributed by atoms with E-state index in [9.17, 15) is 19.2 Å². The van der Waals surface area contributed by atoms with Crippen LogP contribution in [-0.2, 0) is 19.1 Å². The minimum atomic E-state index is -0.821. The first-order valence-corrected chi connectivity index (χ1v) is 7.08. The molecule has 0 aromatic heterocycles. The molecule has 0 N–H and O–H groups in total. The fourth-order valence-electron chi connectivity index (χ4n) is 1.89. The quantitative estimate of drug-likeness (QED) is 0.688. The second-order valence-corrected chi connectivity index (χ2v) is 6.17. The first kappa shape index (κ1) is 17.9. The Morgan fingerprint density at radius 1 is 1.18 bits per heavy atom. The van der Waals surface area contributed by atoms with E-state index in [0.29, 0.717) is 0 Å². The van der Waals surface area contributed by atoms with Gasteiger partial charge in [0.2, 0.25) is 5.91 Å². The molecule has 0 radical (unpaired) electrons. The van der Waals surface area contributed by atoms with E-state index in [1.54, 1.807) is 27.8 Å². The minimum absolute atomic E-state index is 0.177. The van der Waals surface area contributed by atoms with Crippen LogP contribution in [0.4, 0.5) is 4.79 Å². The summed E-state index contributed by atoms with van der Waals surface area (Å²) < 4.78 is 5.20. The highest BCUT2D eigenvalue weighted by atomic mass is 16.6. The molecule has 0 spiro atoms. The monoisotopic (exact) mass is 313 g/mol. The summed E-state index contributed by atoms with van der Waals surface area (Å²) in [6.45, 7) is 7.45. The molecule has 0 unspecified atom stereocenters. The number of carbonyl (C=O) groups is 4. The lowest BCUT2D eigenvalue weighted by molar-refractivity contribution is -0.160. The number of amides is 4. The maximum absolute atomic E-state index is 11.9. The van der Waals surface area contributed by atoms with E-state index in [-0.39, 0.29) is 26.2 Å². The van der Waals surface area contributed by atoms with Crippen LogP contribution in [0.5, 0.6) is 0 Å². The molecule has 1 saturated heterocycles. The third kappa shape index (κ3) is 4.71. The molecule has 0 bridgehead atoms. The Balaban J connectivity index is 2.52. The van der Waals surface area contributed by atoms with Gasteiger partial charge in [0.25, 0.3) is 0 Å². The molecule has 8 heteroatoms. The van der Waals surface area contributed by atoms with Crippen LogP contribution in [0.3, 0.4) is 0 Å². The standard InChI is InChI=1S/C14H23N3O5/c1-10(18)17-9-8-16(11(19)12(17)20)7-6-15(5)13(21)22-14(2,3)4/h6-9H2,1-5H3. The maximum atomic E-state index is 11.9. The average molecular weight is 313 g/mol. The van der Waals surface area contributed by atoms with E-state index >= 15 is 0 Å². The van der Waals surface area contributed by atoms with Crippen LogP contribution in [0.1, 0.15) is 27.7 Å². The van der Waals surface area contributed by atoms with Crippen molar-refractivity contribution in [2.24, 2.45) is 0 Å². The van der Waals surface area contributed by atoms with Crippen LogP contribution in [0.15, 0.2) is 0 Å². The lowest BCUT2D eigenvalue weighted by Gasteiger charge is -2.33. The molecule has 0 atom stereocenters.